The molecule has 0 spiro atoms. The predicted molar refractivity (Wildman–Crippen MR) is 134 cm³/mol. The van der Waals surface area contributed by atoms with Crippen LogP contribution in [-0.2, 0) is 9.59 Å². The molecule has 0 unspecified atom stereocenters. The number of likely N-dealkylation sites (tertiary alicyclic amines) is 1. The number of anilines is 1. The molecule has 2 aromatic rings. The summed E-state index contributed by atoms with van der Waals surface area (Å²) < 4.78 is 0. The van der Waals surface area contributed by atoms with E-state index in [1.54, 1.807) is 24.3 Å². The molecule has 0 bridgehead atoms. The number of nitrogens with one attached hydrogen (secondary N) is 3. The molecular weight excluding hydrogens is 460 g/mol. The third-order valence-corrected chi connectivity index (χ3v) is 5.52. The SMILES string of the molecule is C[C@@H](O)[C@H](NC(=O)c1ccc(C#CC#Cc2ccc(NC(=O)CN3CCCC3)cc2)cc1)C(=O)NO. The first-order chi connectivity index (χ1) is 17.4. The van der Waals surface area contributed by atoms with Crippen molar-refractivity contribution in [3.05, 3.63) is 65.2 Å². The molecule has 1 saturated heterocycles. The van der Waals surface area contributed by atoms with E-state index in [0.29, 0.717) is 12.1 Å². The Labute approximate surface area is 209 Å². The molecule has 0 aromatic heterocycles. The largest absolute Gasteiger partial charge is 0.391 e. The number of aliphatic hydroxyl groups is 1. The zero-order chi connectivity index (χ0) is 25.9. The zero-order valence-electron chi connectivity index (χ0n) is 19.9. The Morgan fingerprint density at radius 1 is 0.944 bits per heavy atom. The van der Waals surface area contributed by atoms with Crippen molar-refractivity contribution in [1.29, 1.82) is 0 Å². The molecule has 186 valence electrons. The van der Waals surface area contributed by atoms with Gasteiger partial charge in [-0.15, -0.1) is 0 Å². The lowest BCUT2D eigenvalue weighted by Crippen LogP contribution is -2.51. The van der Waals surface area contributed by atoms with Gasteiger partial charge in [0.05, 0.1) is 12.6 Å². The number of carbonyl (C=O) groups excluding carboxylic acids is 3. The van der Waals surface area contributed by atoms with E-state index >= 15 is 0 Å². The van der Waals surface area contributed by atoms with Crippen molar-refractivity contribution in [2.24, 2.45) is 0 Å². The Balaban J connectivity index is 1.52. The Kier molecular flexibility index (Phi) is 9.61. The first kappa shape index (κ1) is 26.5. The van der Waals surface area contributed by atoms with Crippen LogP contribution in [0.15, 0.2) is 48.5 Å². The minimum absolute atomic E-state index is 0.0245. The van der Waals surface area contributed by atoms with Crippen LogP contribution in [0.5, 0.6) is 0 Å². The third kappa shape index (κ3) is 7.97. The zero-order valence-corrected chi connectivity index (χ0v) is 19.9. The van der Waals surface area contributed by atoms with Crippen LogP contribution in [0, 0.1) is 23.7 Å². The molecule has 2 aromatic carbocycles. The van der Waals surface area contributed by atoms with Crippen molar-refractivity contribution in [3.8, 4) is 23.7 Å². The molecule has 1 heterocycles. The standard InChI is InChI=1S/C27H28N4O5/c1-19(32)25(27(35)30-36)29-26(34)22-12-8-20(9-13-22)6-2-3-7-21-10-14-23(15-11-21)28-24(33)18-31-16-4-5-17-31/h8-15,19,25,32,36H,4-5,16-18H2,1H3,(H,28,33)(H,29,34)(H,30,35)/t19-,25+/m1/s1. The van der Waals surface area contributed by atoms with Gasteiger partial charge in [-0.2, -0.15) is 0 Å². The minimum Gasteiger partial charge on any atom is -0.391 e. The summed E-state index contributed by atoms with van der Waals surface area (Å²) in [5, 5.41) is 23.6. The number of carbonyl (C=O) groups is 3. The van der Waals surface area contributed by atoms with E-state index in [9.17, 15) is 19.5 Å². The Morgan fingerprint density at radius 2 is 1.50 bits per heavy atom. The Morgan fingerprint density at radius 3 is 2.03 bits per heavy atom. The van der Waals surface area contributed by atoms with Crippen molar-refractivity contribution < 1.29 is 24.7 Å². The van der Waals surface area contributed by atoms with Crippen LogP contribution in [0.3, 0.4) is 0 Å². The van der Waals surface area contributed by atoms with Gasteiger partial charge in [-0.1, -0.05) is 11.8 Å². The van der Waals surface area contributed by atoms with Crippen LogP contribution in [0.25, 0.3) is 0 Å². The number of hydrogen-bond acceptors (Lipinski definition) is 6. The highest BCUT2D eigenvalue weighted by Crippen LogP contribution is 2.11. The van der Waals surface area contributed by atoms with Gasteiger partial charge in [0.25, 0.3) is 11.8 Å². The van der Waals surface area contributed by atoms with Gasteiger partial charge in [-0.25, -0.2) is 5.48 Å². The molecule has 2 atom stereocenters. The Bertz CT molecular complexity index is 1200. The molecule has 9 nitrogen and oxygen atoms in total. The number of nitrogens with zero attached hydrogens (tertiary/aromatic N) is 1. The molecule has 5 N–H and O–H groups in total. The number of amides is 3. The average Bonchev–Trinajstić information content (AvgIpc) is 3.38. The van der Waals surface area contributed by atoms with Gasteiger partial charge in [-0.3, -0.25) is 24.5 Å². The maximum Gasteiger partial charge on any atom is 0.268 e. The second-order valence-corrected chi connectivity index (χ2v) is 8.35. The number of hydrogen-bond donors (Lipinski definition) is 5. The van der Waals surface area contributed by atoms with Gasteiger partial charge >= 0.3 is 0 Å². The van der Waals surface area contributed by atoms with Gasteiger partial charge < -0.3 is 15.7 Å². The summed E-state index contributed by atoms with van der Waals surface area (Å²) in [4.78, 5) is 38.1. The fourth-order valence-corrected chi connectivity index (χ4v) is 3.59. The van der Waals surface area contributed by atoms with Crippen molar-refractivity contribution in [3.63, 3.8) is 0 Å². The summed E-state index contributed by atoms with van der Waals surface area (Å²) in [6, 6.07) is 12.2. The predicted octanol–water partition coefficient (Wildman–Crippen LogP) is 1.11. The second kappa shape index (κ2) is 13.1. The highest BCUT2D eigenvalue weighted by molar-refractivity contribution is 5.97. The summed E-state index contributed by atoms with van der Waals surface area (Å²) in [6.45, 7) is 3.67. The molecule has 1 fully saturated rings. The molecule has 1 aliphatic rings. The second-order valence-electron chi connectivity index (χ2n) is 8.35. The normalized spacial score (nSPS) is 14.3. The monoisotopic (exact) mass is 488 g/mol. The quantitative estimate of drug-likeness (QED) is 0.225. The van der Waals surface area contributed by atoms with Gasteiger partial charge in [-0.05, 0) is 93.2 Å². The van der Waals surface area contributed by atoms with E-state index in [1.165, 1.54) is 24.5 Å². The number of benzene rings is 2. The minimum atomic E-state index is -1.29. The van der Waals surface area contributed by atoms with Crippen molar-refractivity contribution in [2.75, 3.05) is 25.0 Å². The maximum absolute atomic E-state index is 12.3. The van der Waals surface area contributed by atoms with Crippen LogP contribution in [0.1, 0.15) is 41.3 Å². The lowest BCUT2D eigenvalue weighted by atomic mass is 10.1. The molecule has 36 heavy (non-hydrogen) atoms. The van der Waals surface area contributed by atoms with Crippen LogP contribution in [0.2, 0.25) is 0 Å². The highest BCUT2D eigenvalue weighted by atomic mass is 16.5. The number of hydroxylamine groups is 1. The fraction of sp³-hybridized carbons (Fsp3) is 0.296. The molecule has 3 amide bonds. The summed E-state index contributed by atoms with van der Waals surface area (Å²) >= 11 is 0. The first-order valence-corrected chi connectivity index (χ1v) is 11.5. The van der Waals surface area contributed by atoms with E-state index in [2.05, 4.69) is 39.2 Å². The van der Waals surface area contributed by atoms with E-state index in [1.807, 2.05) is 12.1 Å². The van der Waals surface area contributed by atoms with Crippen LogP contribution < -0.4 is 16.1 Å². The van der Waals surface area contributed by atoms with Gasteiger partial charge in [0.1, 0.15) is 6.04 Å². The molecule has 0 aliphatic carbocycles. The summed E-state index contributed by atoms with van der Waals surface area (Å²) in [7, 11) is 0. The lowest BCUT2D eigenvalue weighted by Gasteiger charge is -2.19. The van der Waals surface area contributed by atoms with Crippen LogP contribution in [0.4, 0.5) is 5.69 Å². The molecule has 0 radical (unpaired) electrons. The first-order valence-electron chi connectivity index (χ1n) is 11.5. The van der Waals surface area contributed by atoms with E-state index in [4.69, 9.17) is 5.21 Å². The van der Waals surface area contributed by atoms with Crippen LogP contribution in [-0.4, -0.2) is 64.7 Å². The topological polar surface area (TPSA) is 131 Å². The Hall–Kier alpha value is -4.15. The van der Waals surface area contributed by atoms with Crippen molar-refractivity contribution in [1.82, 2.24) is 15.7 Å². The molecule has 3 rings (SSSR count). The van der Waals surface area contributed by atoms with Crippen LogP contribution >= 0.6 is 0 Å². The van der Waals surface area contributed by atoms with E-state index in [-0.39, 0.29) is 11.5 Å². The smallest absolute Gasteiger partial charge is 0.268 e. The number of aliphatic hydroxyl groups excluding tert-OH is 1. The molecule has 9 heteroatoms. The maximum atomic E-state index is 12.3. The number of rotatable bonds is 7. The molecule has 1 aliphatic heterocycles. The lowest BCUT2D eigenvalue weighted by molar-refractivity contribution is -0.133. The van der Waals surface area contributed by atoms with E-state index in [0.717, 1.165) is 37.2 Å². The van der Waals surface area contributed by atoms with Gasteiger partial charge in [0.15, 0.2) is 0 Å². The fourth-order valence-electron chi connectivity index (χ4n) is 3.59. The average molecular weight is 489 g/mol. The van der Waals surface area contributed by atoms with Gasteiger partial charge in [0, 0.05) is 22.4 Å². The van der Waals surface area contributed by atoms with Crippen molar-refractivity contribution >= 4 is 23.4 Å². The summed E-state index contributed by atoms with van der Waals surface area (Å²) in [5.41, 5.74) is 3.78. The molecule has 0 saturated carbocycles. The summed E-state index contributed by atoms with van der Waals surface area (Å²) in [6.07, 6.45) is 1.09. The summed E-state index contributed by atoms with van der Waals surface area (Å²) in [5.74, 6) is 9.83. The van der Waals surface area contributed by atoms with Crippen molar-refractivity contribution in [2.45, 2.75) is 31.9 Å². The highest BCUT2D eigenvalue weighted by Gasteiger charge is 2.25. The molecular formula is C27H28N4O5. The van der Waals surface area contributed by atoms with E-state index < -0.39 is 24.0 Å². The third-order valence-electron chi connectivity index (χ3n) is 5.52. The van der Waals surface area contributed by atoms with Gasteiger partial charge in [0.2, 0.25) is 5.91 Å².